The molecule has 126 valence electrons. The van der Waals surface area contributed by atoms with E-state index in [1.807, 2.05) is 20.8 Å². The molecular formula is C15H26N2O4S. The Balaban J connectivity index is 1.87. The van der Waals surface area contributed by atoms with Gasteiger partial charge in [-0.1, -0.05) is 0 Å². The Hall–Kier alpha value is -0.950. The summed E-state index contributed by atoms with van der Waals surface area (Å²) in [6, 6.07) is 0.186. The van der Waals surface area contributed by atoms with Crippen molar-refractivity contribution in [2.24, 2.45) is 0 Å². The number of ether oxygens (including phenoxy) is 2. The molecule has 0 aromatic heterocycles. The smallest absolute Gasteiger partial charge is 0.410 e. The van der Waals surface area contributed by atoms with Crippen LogP contribution in [0.4, 0.5) is 4.79 Å². The number of carbonyl (C=O) groups is 2. The molecule has 2 saturated heterocycles. The zero-order chi connectivity index (χ0) is 16.3. The van der Waals surface area contributed by atoms with Crippen LogP contribution in [0, 0.1) is 0 Å². The van der Waals surface area contributed by atoms with E-state index in [4.69, 9.17) is 9.47 Å². The second kappa shape index (κ2) is 7.08. The van der Waals surface area contributed by atoms with Gasteiger partial charge in [-0.3, -0.25) is 9.69 Å². The fourth-order valence-corrected chi connectivity index (χ4v) is 4.12. The van der Waals surface area contributed by atoms with Crippen LogP contribution >= 0.6 is 11.8 Å². The van der Waals surface area contributed by atoms with Gasteiger partial charge in [0.1, 0.15) is 11.6 Å². The van der Waals surface area contributed by atoms with E-state index in [9.17, 15) is 9.59 Å². The molecule has 2 aliphatic heterocycles. The molecule has 0 N–H and O–H groups in total. The maximum atomic E-state index is 12.1. The van der Waals surface area contributed by atoms with Crippen molar-refractivity contribution < 1.29 is 19.1 Å². The predicted octanol–water partition coefficient (Wildman–Crippen LogP) is 1.93. The minimum Gasteiger partial charge on any atom is -0.468 e. The summed E-state index contributed by atoms with van der Waals surface area (Å²) >= 11 is 1.76. The molecule has 0 radical (unpaired) electrons. The van der Waals surface area contributed by atoms with Crippen molar-refractivity contribution in [1.29, 1.82) is 0 Å². The van der Waals surface area contributed by atoms with Crippen molar-refractivity contribution in [2.45, 2.75) is 51.3 Å². The summed E-state index contributed by atoms with van der Waals surface area (Å²) in [4.78, 5) is 27.9. The lowest BCUT2D eigenvalue weighted by Crippen LogP contribution is -2.51. The number of rotatable bonds is 2. The molecule has 1 atom stereocenters. The first-order valence-corrected chi connectivity index (χ1v) is 8.86. The van der Waals surface area contributed by atoms with E-state index in [0.717, 1.165) is 24.5 Å². The molecule has 0 unspecified atom stereocenters. The van der Waals surface area contributed by atoms with Gasteiger partial charge in [0.25, 0.3) is 0 Å². The molecule has 0 saturated carbocycles. The van der Waals surface area contributed by atoms with Crippen molar-refractivity contribution in [1.82, 2.24) is 9.80 Å². The first kappa shape index (κ1) is 17.4. The Morgan fingerprint density at radius 1 is 1.18 bits per heavy atom. The van der Waals surface area contributed by atoms with E-state index in [2.05, 4.69) is 4.90 Å². The molecule has 22 heavy (non-hydrogen) atoms. The van der Waals surface area contributed by atoms with Crippen LogP contribution in [0.1, 0.15) is 33.6 Å². The standard InChI is InChI=1S/C15H26N2O4S/c1-15(2,3)21-14(19)16-7-5-11(6-8-16)17-10-22-9-12(17)13(18)20-4/h11-12H,5-10H2,1-4H3/t12-/m1/s1. The summed E-state index contributed by atoms with van der Waals surface area (Å²) in [6.45, 7) is 6.98. The van der Waals surface area contributed by atoms with Crippen LogP contribution in [0.3, 0.4) is 0 Å². The highest BCUT2D eigenvalue weighted by Gasteiger charge is 2.38. The topological polar surface area (TPSA) is 59.1 Å². The van der Waals surface area contributed by atoms with Crippen molar-refractivity contribution in [2.75, 3.05) is 31.8 Å². The lowest BCUT2D eigenvalue weighted by atomic mass is 10.0. The normalized spacial score (nSPS) is 24.4. The highest BCUT2D eigenvalue weighted by Crippen LogP contribution is 2.29. The third-order valence-corrected chi connectivity index (χ3v) is 5.01. The highest BCUT2D eigenvalue weighted by molar-refractivity contribution is 7.99. The first-order valence-electron chi connectivity index (χ1n) is 7.71. The predicted molar refractivity (Wildman–Crippen MR) is 85.8 cm³/mol. The Labute approximate surface area is 136 Å². The summed E-state index contributed by atoms with van der Waals surface area (Å²) in [7, 11) is 1.44. The van der Waals surface area contributed by atoms with Crippen molar-refractivity contribution in [3.05, 3.63) is 0 Å². The lowest BCUT2D eigenvalue weighted by Gasteiger charge is -2.38. The van der Waals surface area contributed by atoms with Gasteiger partial charge >= 0.3 is 12.1 Å². The number of thioether (sulfide) groups is 1. The van der Waals surface area contributed by atoms with Gasteiger partial charge in [0.15, 0.2) is 0 Å². The van der Waals surface area contributed by atoms with Crippen LogP contribution in [0.15, 0.2) is 0 Å². The number of likely N-dealkylation sites (tertiary alicyclic amines) is 1. The molecule has 1 amide bonds. The molecule has 2 rings (SSSR count). The zero-order valence-electron chi connectivity index (χ0n) is 13.8. The second-order valence-electron chi connectivity index (χ2n) is 6.75. The Morgan fingerprint density at radius 2 is 1.82 bits per heavy atom. The summed E-state index contributed by atoms with van der Waals surface area (Å²) in [5.41, 5.74) is -0.463. The van der Waals surface area contributed by atoms with Gasteiger partial charge in [0.05, 0.1) is 7.11 Å². The second-order valence-corrected chi connectivity index (χ2v) is 7.75. The molecular weight excluding hydrogens is 304 g/mol. The average molecular weight is 330 g/mol. The summed E-state index contributed by atoms with van der Waals surface area (Å²) in [5, 5.41) is 0. The Bertz CT molecular complexity index is 416. The van der Waals surface area contributed by atoms with Crippen LogP contribution in [0.2, 0.25) is 0 Å². The summed E-state index contributed by atoms with van der Waals surface area (Å²) in [6.07, 6.45) is 1.49. The largest absolute Gasteiger partial charge is 0.468 e. The van der Waals surface area contributed by atoms with Gasteiger partial charge in [0.2, 0.25) is 0 Å². The number of esters is 1. The average Bonchev–Trinajstić information content (AvgIpc) is 2.94. The van der Waals surface area contributed by atoms with Crippen molar-refractivity contribution in [3.63, 3.8) is 0 Å². The monoisotopic (exact) mass is 330 g/mol. The van der Waals surface area contributed by atoms with E-state index in [0.29, 0.717) is 19.1 Å². The minimum atomic E-state index is -0.463. The summed E-state index contributed by atoms with van der Waals surface area (Å²) < 4.78 is 10.3. The van der Waals surface area contributed by atoms with Gasteiger partial charge in [-0.25, -0.2) is 4.79 Å². The molecule has 2 fully saturated rings. The number of carbonyl (C=O) groups excluding carboxylic acids is 2. The summed E-state index contributed by atoms with van der Waals surface area (Å²) in [5.74, 6) is 1.50. The van der Waals surface area contributed by atoms with Gasteiger partial charge in [0, 0.05) is 30.8 Å². The van der Waals surface area contributed by atoms with Crippen LogP contribution < -0.4 is 0 Å². The SMILES string of the molecule is COC(=O)[C@H]1CSCN1C1CCN(C(=O)OC(C)(C)C)CC1. The van der Waals surface area contributed by atoms with Crippen molar-refractivity contribution in [3.8, 4) is 0 Å². The zero-order valence-corrected chi connectivity index (χ0v) is 14.6. The third-order valence-electron chi connectivity index (χ3n) is 3.97. The fourth-order valence-electron chi connectivity index (χ4n) is 2.86. The van der Waals surface area contributed by atoms with E-state index in [1.54, 1.807) is 16.7 Å². The van der Waals surface area contributed by atoms with Gasteiger partial charge in [-0.05, 0) is 33.6 Å². The fraction of sp³-hybridized carbons (Fsp3) is 0.867. The van der Waals surface area contributed by atoms with Crippen LogP contribution in [-0.4, -0.2) is 71.4 Å². The minimum absolute atomic E-state index is 0.145. The molecule has 2 heterocycles. The van der Waals surface area contributed by atoms with Gasteiger partial charge in [-0.2, -0.15) is 0 Å². The van der Waals surface area contributed by atoms with Gasteiger partial charge < -0.3 is 14.4 Å². The molecule has 7 heteroatoms. The lowest BCUT2D eigenvalue weighted by molar-refractivity contribution is -0.146. The Kier molecular flexibility index (Phi) is 5.60. The molecule has 0 aromatic carbocycles. The highest BCUT2D eigenvalue weighted by atomic mass is 32.2. The first-order chi connectivity index (χ1) is 10.3. The number of nitrogens with zero attached hydrogens (tertiary/aromatic N) is 2. The number of methoxy groups -OCH3 is 1. The number of hydrogen-bond donors (Lipinski definition) is 0. The Morgan fingerprint density at radius 3 is 2.36 bits per heavy atom. The quantitative estimate of drug-likeness (QED) is 0.721. The molecule has 0 aromatic rings. The van der Waals surface area contributed by atoms with E-state index < -0.39 is 5.60 Å². The molecule has 2 aliphatic rings. The number of amides is 1. The molecule has 0 bridgehead atoms. The molecule has 6 nitrogen and oxygen atoms in total. The molecule has 0 aliphatic carbocycles. The van der Waals surface area contributed by atoms with Crippen LogP contribution in [0.5, 0.6) is 0 Å². The van der Waals surface area contributed by atoms with E-state index in [-0.39, 0.29) is 18.1 Å². The number of piperidine rings is 1. The van der Waals surface area contributed by atoms with Crippen LogP contribution in [0.25, 0.3) is 0 Å². The molecule has 0 spiro atoms. The van der Waals surface area contributed by atoms with Crippen molar-refractivity contribution >= 4 is 23.8 Å². The maximum absolute atomic E-state index is 12.1. The van der Waals surface area contributed by atoms with E-state index >= 15 is 0 Å². The van der Waals surface area contributed by atoms with E-state index in [1.165, 1.54) is 7.11 Å². The maximum Gasteiger partial charge on any atom is 0.410 e. The number of hydrogen-bond acceptors (Lipinski definition) is 6. The third kappa shape index (κ3) is 4.29. The van der Waals surface area contributed by atoms with Gasteiger partial charge in [-0.15, -0.1) is 11.8 Å². The van der Waals surface area contributed by atoms with Crippen LogP contribution in [-0.2, 0) is 14.3 Å².